The Morgan fingerprint density at radius 3 is 2.65 bits per heavy atom. The van der Waals surface area contributed by atoms with Gasteiger partial charge in [0.25, 0.3) is 0 Å². The molecule has 2 aliphatic rings. The van der Waals surface area contributed by atoms with E-state index >= 15 is 0 Å². The predicted molar refractivity (Wildman–Crippen MR) is 82.6 cm³/mol. The molecular weight excluding hydrogens is 296 g/mol. The van der Waals surface area contributed by atoms with Gasteiger partial charge in [-0.2, -0.15) is 4.98 Å². The van der Waals surface area contributed by atoms with Gasteiger partial charge >= 0.3 is 0 Å². The van der Waals surface area contributed by atoms with Crippen molar-refractivity contribution < 1.29 is 14.1 Å². The molecule has 1 unspecified atom stereocenters. The minimum Gasteiger partial charge on any atom is -0.341 e. The van der Waals surface area contributed by atoms with Gasteiger partial charge in [0.15, 0.2) is 5.82 Å². The fourth-order valence-corrected chi connectivity index (χ4v) is 3.29. The van der Waals surface area contributed by atoms with E-state index in [1.54, 1.807) is 18.7 Å². The van der Waals surface area contributed by atoms with E-state index in [1.165, 1.54) is 6.42 Å². The Balaban J connectivity index is 1.56. The summed E-state index contributed by atoms with van der Waals surface area (Å²) in [7, 11) is 0. The van der Waals surface area contributed by atoms with Crippen LogP contribution in [0.5, 0.6) is 0 Å². The van der Waals surface area contributed by atoms with Crippen molar-refractivity contribution in [1.29, 1.82) is 0 Å². The molecule has 1 aliphatic carbocycles. The highest BCUT2D eigenvalue weighted by molar-refractivity contribution is 5.75. The second-order valence-electron chi connectivity index (χ2n) is 6.55. The van der Waals surface area contributed by atoms with Crippen LogP contribution >= 0.6 is 0 Å². The van der Waals surface area contributed by atoms with Crippen molar-refractivity contribution in [2.75, 3.05) is 19.6 Å². The summed E-state index contributed by atoms with van der Waals surface area (Å²) in [5.74, 6) is 1.94. The van der Waals surface area contributed by atoms with E-state index in [2.05, 4.69) is 10.1 Å². The molecule has 23 heavy (non-hydrogen) atoms. The van der Waals surface area contributed by atoms with E-state index in [-0.39, 0.29) is 17.9 Å². The zero-order valence-corrected chi connectivity index (χ0v) is 13.8. The van der Waals surface area contributed by atoms with E-state index in [0.717, 1.165) is 31.7 Å². The van der Waals surface area contributed by atoms with Crippen LogP contribution in [-0.2, 0) is 16.0 Å². The highest BCUT2D eigenvalue weighted by Gasteiger charge is 2.31. The average molecular weight is 320 g/mol. The highest BCUT2D eigenvalue weighted by Crippen LogP contribution is 2.35. The van der Waals surface area contributed by atoms with Gasteiger partial charge in [-0.15, -0.1) is 0 Å². The van der Waals surface area contributed by atoms with Gasteiger partial charge in [-0.05, 0) is 19.3 Å². The summed E-state index contributed by atoms with van der Waals surface area (Å²) in [6.07, 6.45) is 4.91. The van der Waals surface area contributed by atoms with Crippen LogP contribution in [-0.4, -0.2) is 57.4 Å². The summed E-state index contributed by atoms with van der Waals surface area (Å²) in [5.41, 5.74) is 0. The van der Waals surface area contributed by atoms with Crippen LogP contribution in [0.1, 0.15) is 57.2 Å². The van der Waals surface area contributed by atoms with Gasteiger partial charge in [0, 0.05) is 45.8 Å². The SMILES string of the molecule is CC(=O)N1CCC(N(CCc2noc(C3CCC3)n2)C(C)=O)C1. The molecule has 7 nitrogen and oxygen atoms in total. The Labute approximate surface area is 136 Å². The molecule has 1 saturated heterocycles. The number of amides is 2. The van der Waals surface area contributed by atoms with Crippen molar-refractivity contribution in [3.05, 3.63) is 11.7 Å². The molecule has 7 heteroatoms. The van der Waals surface area contributed by atoms with Crippen molar-refractivity contribution in [3.8, 4) is 0 Å². The lowest BCUT2D eigenvalue weighted by atomic mass is 9.85. The van der Waals surface area contributed by atoms with E-state index in [0.29, 0.717) is 31.3 Å². The monoisotopic (exact) mass is 320 g/mol. The Kier molecular flexibility index (Phi) is 4.63. The number of carbonyl (C=O) groups excluding carboxylic acids is 2. The molecule has 126 valence electrons. The van der Waals surface area contributed by atoms with Crippen LogP contribution in [0.4, 0.5) is 0 Å². The highest BCUT2D eigenvalue weighted by atomic mass is 16.5. The van der Waals surface area contributed by atoms with E-state index in [4.69, 9.17) is 4.52 Å². The third-order valence-electron chi connectivity index (χ3n) is 4.97. The molecule has 0 bridgehead atoms. The molecule has 1 aromatic rings. The fourth-order valence-electron chi connectivity index (χ4n) is 3.29. The lowest BCUT2D eigenvalue weighted by Gasteiger charge is -2.27. The lowest BCUT2D eigenvalue weighted by molar-refractivity contribution is -0.132. The molecule has 0 N–H and O–H groups in total. The number of aromatic nitrogens is 2. The van der Waals surface area contributed by atoms with E-state index in [1.807, 2.05) is 4.90 Å². The molecule has 2 amide bonds. The second kappa shape index (κ2) is 6.68. The summed E-state index contributed by atoms with van der Waals surface area (Å²) in [5, 5.41) is 4.03. The zero-order valence-electron chi connectivity index (χ0n) is 13.8. The molecule has 0 spiro atoms. The molecule has 2 fully saturated rings. The normalized spacial score (nSPS) is 21.3. The van der Waals surface area contributed by atoms with Crippen LogP contribution in [0, 0.1) is 0 Å². The van der Waals surface area contributed by atoms with Crippen molar-refractivity contribution in [1.82, 2.24) is 19.9 Å². The molecule has 1 aromatic heterocycles. The first kappa shape index (κ1) is 16.0. The summed E-state index contributed by atoms with van der Waals surface area (Å²) in [4.78, 5) is 31.5. The first-order valence-electron chi connectivity index (χ1n) is 8.40. The minimum absolute atomic E-state index is 0.0307. The summed E-state index contributed by atoms with van der Waals surface area (Å²) < 4.78 is 5.32. The van der Waals surface area contributed by atoms with E-state index in [9.17, 15) is 9.59 Å². The molecule has 3 rings (SSSR count). The van der Waals surface area contributed by atoms with Crippen LogP contribution in [0.2, 0.25) is 0 Å². The van der Waals surface area contributed by atoms with Crippen molar-refractivity contribution in [2.45, 2.75) is 57.9 Å². The molecule has 0 radical (unpaired) electrons. The van der Waals surface area contributed by atoms with Gasteiger partial charge in [-0.1, -0.05) is 11.6 Å². The third-order valence-corrected chi connectivity index (χ3v) is 4.97. The minimum atomic E-state index is 0.0307. The summed E-state index contributed by atoms with van der Waals surface area (Å²) in [6.45, 7) is 5.05. The molecule has 1 saturated carbocycles. The second-order valence-corrected chi connectivity index (χ2v) is 6.55. The standard InChI is InChI=1S/C16H24N4O3/c1-11(21)19-8-6-14(10-19)20(12(2)22)9-7-15-17-16(23-18-15)13-4-3-5-13/h13-14H,3-10H2,1-2H3. The largest absolute Gasteiger partial charge is 0.341 e. The van der Waals surface area contributed by atoms with Gasteiger partial charge in [0.1, 0.15) is 0 Å². The maximum absolute atomic E-state index is 12.0. The number of hydrogen-bond acceptors (Lipinski definition) is 5. The zero-order chi connectivity index (χ0) is 16.4. The van der Waals surface area contributed by atoms with Crippen molar-refractivity contribution in [3.63, 3.8) is 0 Å². The number of carbonyl (C=O) groups is 2. The lowest BCUT2D eigenvalue weighted by Crippen LogP contribution is -2.42. The first-order valence-corrected chi connectivity index (χ1v) is 8.40. The Bertz CT molecular complexity index is 582. The van der Waals surface area contributed by atoms with Crippen LogP contribution in [0.25, 0.3) is 0 Å². The van der Waals surface area contributed by atoms with Crippen LogP contribution in [0.3, 0.4) is 0 Å². The van der Waals surface area contributed by atoms with Gasteiger partial charge in [-0.3, -0.25) is 9.59 Å². The van der Waals surface area contributed by atoms with Crippen molar-refractivity contribution in [2.24, 2.45) is 0 Å². The molecule has 0 aromatic carbocycles. The summed E-state index contributed by atoms with van der Waals surface area (Å²) >= 11 is 0. The Hall–Kier alpha value is -1.92. The molecule has 1 atom stereocenters. The quantitative estimate of drug-likeness (QED) is 0.818. The average Bonchev–Trinajstić information content (AvgIpc) is 3.06. The molecule has 2 heterocycles. The van der Waals surface area contributed by atoms with Gasteiger partial charge in [0.05, 0.1) is 6.04 Å². The smallest absolute Gasteiger partial charge is 0.229 e. The summed E-state index contributed by atoms with van der Waals surface area (Å²) in [6, 6.07) is 0.0920. The van der Waals surface area contributed by atoms with Crippen molar-refractivity contribution >= 4 is 11.8 Å². The van der Waals surface area contributed by atoms with Gasteiger partial charge in [0.2, 0.25) is 17.7 Å². The van der Waals surface area contributed by atoms with Gasteiger partial charge in [-0.25, -0.2) is 0 Å². The Morgan fingerprint density at radius 2 is 2.09 bits per heavy atom. The van der Waals surface area contributed by atoms with E-state index < -0.39 is 0 Å². The number of rotatable bonds is 5. The number of nitrogens with zero attached hydrogens (tertiary/aromatic N) is 4. The molecule has 1 aliphatic heterocycles. The van der Waals surface area contributed by atoms with Crippen LogP contribution < -0.4 is 0 Å². The predicted octanol–water partition coefficient (Wildman–Crippen LogP) is 1.35. The Morgan fingerprint density at radius 1 is 1.30 bits per heavy atom. The first-order chi connectivity index (χ1) is 11.0. The number of hydrogen-bond donors (Lipinski definition) is 0. The maximum Gasteiger partial charge on any atom is 0.229 e. The molecular formula is C16H24N4O3. The number of likely N-dealkylation sites (tertiary alicyclic amines) is 1. The van der Waals surface area contributed by atoms with Gasteiger partial charge < -0.3 is 14.3 Å². The topological polar surface area (TPSA) is 79.5 Å². The van der Waals surface area contributed by atoms with Crippen LogP contribution in [0.15, 0.2) is 4.52 Å². The third kappa shape index (κ3) is 3.54. The maximum atomic E-state index is 12.0. The fraction of sp³-hybridized carbons (Fsp3) is 0.750.